The number of hydrogen-bond acceptors (Lipinski definition) is 4. The summed E-state index contributed by atoms with van der Waals surface area (Å²) in [6.45, 7) is 0.832. The normalized spacial score (nSPS) is 14.9. The van der Waals surface area contributed by atoms with E-state index < -0.39 is 22.4 Å². The van der Waals surface area contributed by atoms with Crippen molar-refractivity contribution >= 4 is 35.0 Å². The molecule has 1 aliphatic rings. The fourth-order valence-electron chi connectivity index (χ4n) is 3.15. The van der Waals surface area contributed by atoms with E-state index in [9.17, 15) is 28.1 Å². The Kier molecular flexibility index (Phi) is 6.31. The van der Waals surface area contributed by atoms with Gasteiger partial charge in [-0.05, 0) is 29.8 Å². The number of nitro groups is 1. The quantitative estimate of drug-likeness (QED) is 0.396. The van der Waals surface area contributed by atoms with Gasteiger partial charge in [-0.1, -0.05) is 23.7 Å². The third kappa shape index (κ3) is 5.10. The molecular weight excluding hydrogens is 423 g/mol. The number of carbonyl (C=O) groups is 1. The fraction of sp³-hybridized carbons (Fsp3) is 0.250. The molecule has 0 aliphatic carbocycles. The summed E-state index contributed by atoms with van der Waals surface area (Å²) in [6, 6.07) is 9.63. The molecule has 0 atom stereocenters. The van der Waals surface area contributed by atoms with Crippen LogP contribution >= 0.6 is 11.6 Å². The van der Waals surface area contributed by atoms with Gasteiger partial charge in [0, 0.05) is 55.1 Å². The lowest BCUT2D eigenvalue weighted by Gasteiger charge is -2.36. The van der Waals surface area contributed by atoms with E-state index >= 15 is 0 Å². The standard InChI is InChI=1S/C20H17ClF3N3O3/c21-15-4-1-14(2-5-15)3-8-19(28)26-11-9-25(10-12-26)18-7-6-16(27(29)30)13-17(18)20(22,23)24/h1-8,13H,9-12H2. The minimum atomic E-state index is -4.73. The van der Waals surface area contributed by atoms with Gasteiger partial charge in [-0.15, -0.1) is 0 Å². The molecule has 2 aromatic carbocycles. The van der Waals surface area contributed by atoms with Crippen LogP contribution in [0.5, 0.6) is 0 Å². The number of non-ortho nitro benzene ring substituents is 1. The van der Waals surface area contributed by atoms with E-state index in [4.69, 9.17) is 11.6 Å². The van der Waals surface area contributed by atoms with Crippen LogP contribution < -0.4 is 4.90 Å². The Hall–Kier alpha value is -3.07. The maximum atomic E-state index is 13.4. The van der Waals surface area contributed by atoms with Crippen molar-refractivity contribution in [3.8, 4) is 0 Å². The first kappa shape index (κ1) is 21.6. The van der Waals surface area contributed by atoms with Gasteiger partial charge in [0.05, 0.1) is 10.5 Å². The average Bonchev–Trinajstić information content (AvgIpc) is 2.72. The van der Waals surface area contributed by atoms with Gasteiger partial charge in [0.15, 0.2) is 0 Å². The molecule has 0 N–H and O–H groups in total. The highest BCUT2D eigenvalue weighted by Gasteiger charge is 2.37. The van der Waals surface area contributed by atoms with Crippen LogP contribution in [0.15, 0.2) is 48.5 Å². The second kappa shape index (κ2) is 8.74. The van der Waals surface area contributed by atoms with Gasteiger partial charge < -0.3 is 9.80 Å². The number of alkyl halides is 3. The van der Waals surface area contributed by atoms with E-state index in [1.165, 1.54) is 11.0 Å². The summed E-state index contributed by atoms with van der Waals surface area (Å²) in [5.41, 5.74) is -1.00. The van der Waals surface area contributed by atoms with E-state index in [0.717, 1.165) is 17.7 Å². The van der Waals surface area contributed by atoms with Crippen LogP contribution in [0, 0.1) is 10.1 Å². The molecule has 3 rings (SSSR count). The second-order valence-corrected chi connectivity index (χ2v) is 7.09. The van der Waals surface area contributed by atoms with Gasteiger partial charge in [-0.2, -0.15) is 13.2 Å². The van der Waals surface area contributed by atoms with Crippen LogP contribution in [0.3, 0.4) is 0 Å². The zero-order valence-electron chi connectivity index (χ0n) is 15.6. The summed E-state index contributed by atoms with van der Waals surface area (Å²) in [4.78, 5) is 25.4. The number of amides is 1. The van der Waals surface area contributed by atoms with E-state index in [2.05, 4.69) is 0 Å². The number of piperazine rings is 1. The summed E-state index contributed by atoms with van der Waals surface area (Å²) >= 11 is 5.82. The van der Waals surface area contributed by atoms with Crippen molar-refractivity contribution in [3.63, 3.8) is 0 Å². The summed E-state index contributed by atoms with van der Waals surface area (Å²) < 4.78 is 40.2. The van der Waals surface area contributed by atoms with Gasteiger partial charge in [-0.25, -0.2) is 0 Å². The zero-order chi connectivity index (χ0) is 21.9. The minimum Gasteiger partial charge on any atom is -0.367 e. The van der Waals surface area contributed by atoms with Crippen LogP contribution in [0.4, 0.5) is 24.5 Å². The first-order valence-corrected chi connectivity index (χ1v) is 9.36. The van der Waals surface area contributed by atoms with Gasteiger partial charge in [-0.3, -0.25) is 14.9 Å². The summed E-state index contributed by atoms with van der Waals surface area (Å²) in [5.74, 6) is -0.246. The van der Waals surface area contributed by atoms with Crippen molar-refractivity contribution in [2.45, 2.75) is 6.18 Å². The molecule has 2 aromatic rings. The summed E-state index contributed by atoms with van der Waals surface area (Å²) in [5, 5.41) is 11.4. The molecule has 30 heavy (non-hydrogen) atoms. The first-order valence-electron chi connectivity index (χ1n) is 8.98. The number of benzene rings is 2. The smallest absolute Gasteiger partial charge is 0.367 e. The van der Waals surface area contributed by atoms with Crippen LogP contribution in [-0.2, 0) is 11.0 Å². The molecule has 0 radical (unpaired) electrons. The van der Waals surface area contributed by atoms with E-state index in [1.807, 2.05) is 0 Å². The molecule has 1 heterocycles. The molecule has 0 spiro atoms. The lowest BCUT2D eigenvalue weighted by molar-refractivity contribution is -0.385. The molecule has 6 nitrogen and oxygen atoms in total. The largest absolute Gasteiger partial charge is 0.418 e. The topological polar surface area (TPSA) is 66.7 Å². The van der Waals surface area contributed by atoms with Gasteiger partial charge in [0.1, 0.15) is 0 Å². The SMILES string of the molecule is O=C(C=Cc1ccc(Cl)cc1)N1CCN(c2ccc([N+](=O)[O-])cc2C(F)(F)F)CC1. The van der Waals surface area contributed by atoms with E-state index in [1.54, 1.807) is 35.2 Å². The Morgan fingerprint density at radius 3 is 2.27 bits per heavy atom. The highest BCUT2D eigenvalue weighted by atomic mass is 35.5. The minimum absolute atomic E-state index is 0.128. The number of nitrogens with zero attached hydrogens (tertiary/aromatic N) is 3. The van der Waals surface area contributed by atoms with E-state index in [-0.39, 0.29) is 37.8 Å². The van der Waals surface area contributed by atoms with Gasteiger partial charge >= 0.3 is 6.18 Å². The van der Waals surface area contributed by atoms with Crippen LogP contribution in [0.1, 0.15) is 11.1 Å². The number of halogens is 4. The van der Waals surface area contributed by atoms with Crippen LogP contribution in [0.25, 0.3) is 6.08 Å². The monoisotopic (exact) mass is 439 g/mol. The maximum absolute atomic E-state index is 13.4. The molecule has 0 aromatic heterocycles. The molecule has 1 fully saturated rings. The Morgan fingerprint density at radius 1 is 1.07 bits per heavy atom. The molecule has 10 heteroatoms. The maximum Gasteiger partial charge on any atom is 0.418 e. The first-order chi connectivity index (χ1) is 14.1. The van der Waals surface area contributed by atoms with Crippen molar-refractivity contribution in [1.82, 2.24) is 4.90 Å². The average molecular weight is 440 g/mol. The highest BCUT2D eigenvalue weighted by Crippen LogP contribution is 2.39. The van der Waals surface area contributed by atoms with Crippen molar-refractivity contribution in [2.24, 2.45) is 0 Å². The molecule has 0 bridgehead atoms. The Labute approximate surface area is 175 Å². The van der Waals surface area contributed by atoms with E-state index in [0.29, 0.717) is 11.1 Å². The Balaban J connectivity index is 1.68. The Morgan fingerprint density at radius 2 is 1.70 bits per heavy atom. The molecular formula is C20H17ClF3N3O3. The summed E-state index contributed by atoms with van der Waals surface area (Å²) in [7, 11) is 0. The molecule has 158 valence electrons. The van der Waals surface area contributed by atoms with Crippen molar-refractivity contribution in [3.05, 3.63) is 74.8 Å². The number of carbonyl (C=O) groups excluding carboxylic acids is 1. The van der Waals surface area contributed by atoms with Crippen LogP contribution in [-0.4, -0.2) is 41.9 Å². The van der Waals surface area contributed by atoms with Crippen LogP contribution in [0.2, 0.25) is 5.02 Å². The number of rotatable bonds is 4. The fourth-order valence-corrected chi connectivity index (χ4v) is 3.28. The molecule has 0 unspecified atom stereocenters. The predicted molar refractivity (Wildman–Crippen MR) is 107 cm³/mol. The third-order valence-electron chi connectivity index (χ3n) is 4.72. The Bertz CT molecular complexity index is 969. The molecule has 1 saturated heterocycles. The number of anilines is 1. The van der Waals surface area contributed by atoms with Crippen molar-refractivity contribution < 1.29 is 22.9 Å². The summed E-state index contributed by atoms with van der Waals surface area (Å²) in [6.07, 6.45) is -1.68. The third-order valence-corrected chi connectivity index (χ3v) is 4.97. The van der Waals surface area contributed by atoms with Crippen molar-refractivity contribution in [2.75, 3.05) is 31.1 Å². The lowest BCUT2D eigenvalue weighted by atomic mass is 10.1. The van der Waals surface area contributed by atoms with Gasteiger partial charge in [0.2, 0.25) is 5.91 Å². The van der Waals surface area contributed by atoms with Crippen molar-refractivity contribution in [1.29, 1.82) is 0 Å². The highest BCUT2D eigenvalue weighted by molar-refractivity contribution is 6.30. The second-order valence-electron chi connectivity index (χ2n) is 6.65. The lowest BCUT2D eigenvalue weighted by Crippen LogP contribution is -2.48. The molecule has 1 aliphatic heterocycles. The number of nitro benzene ring substituents is 1. The molecule has 1 amide bonds. The van der Waals surface area contributed by atoms with Gasteiger partial charge in [0.25, 0.3) is 5.69 Å². The molecule has 0 saturated carbocycles. The predicted octanol–water partition coefficient (Wildman–Crippen LogP) is 4.63. The number of hydrogen-bond donors (Lipinski definition) is 0. The zero-order valence-corrected chi connectivity index (χ0v) is 16.4.